The standard InChI is InChI=1S/C54H33NO2S/c1-2-12-34(13-3-1)41-32-33-45(54-53(41)43-15-5-8-20-47(43)57-54)55(37-28-24-35(25-29-37)39-17-10-21-48-51(39)42-14-4-7-19-46(42)56-48)38-30-26-36(27-31-38)40-18-11-23-50-52(40)44-16-6-9-22-49(44)58-50/h1-33H. The highest BCUT2D eigenvalue weighted by Gasteiger charge is 2.23. The first-order valence-electron chi connectivity index (χ1n) is 19.6. The molecule has 58 heavy (non-hydrogen) atoms. The predicted octanol–water partition coefficient (Wildman–Crippen LogP) is 16.3. The Morgan fingerprint density at radius 1 is 0.328 bits per heavy atom. The van der Waals surface area contributed by atoms with Gasteiger partial charge in [0.15, 0.2) is 5.58 Å². The summed E-state index contributed by atoms with van der Waals surface area (Å²) in [6.45, 7) is 0. The van der Waals surface area contributed by atoms with E-state index in [4.69, 9.17) is 8.83 Å². The molecule has 0 radical (unpaired) electrons. The van der Waals surface area contributed by atoms with Gasteiger partial charge in [0.25, 0.3) is 0 Å². The Bertz CT molecular complexity index is 3340. The number of anilines is 3. The topological polar surface area (TPSA) is 29.5 Å². The summed E-state index contributed by atoms with van der Waals surface area (Å²) in [5, 5.41) is 7.06. The van der Waals surface area contributed by atoms with Crippen molar-refractivity contribution < 1.29 is 8.83 Å². The zero-order valence-corrected chi connectivity index (χ0v) is 32.0. The second-order valence-corrected chi connectivity index (χ2v) is 15.9. The van der Waals surface area contributed by atoms with Crippen LogP contribution in [0.5, 0.6) is 0 Å². The van der Waals surface area contributed by atoms with Crippen molar-refractivity contribution in [1.29, 1.82) is 0 Å². The molecule has 12 aromatic rings. The van der Waals surface area contributed by atoms with Gasteiger partial charge in [-0.05, 0) is 94.0 Å². The molecule has 0 atom stereocenters. The van der Waals surface area contributed by atoms with Crippen LogP contribution in [0.1, 0.15) is 0 Å². The van der Waals surface area contributed by atoms with Gasteiger partial charge < -0.3 is 13.7 Å². The number of thiophene rings is 1. The van der Waals surface area contributed by atoms with E-state index in [0.717, 1.165) is 83.2 Å². The molecule has 272 valence electrons. The quantitative estimate of drug-likeness (QED) is 0.169. The fourth-order valence-corrected chi connectivity index (χ4v) is 10.0. The van der Waals surface area contributed by atoms with Crippen molar-refractivity contribution in [3.63, 3.8) is 0 Å². The van der Waals surface area contributed by atoms with Gasteiger partial charge in [0, 0.05) is 53.1 Å². The first kappa shape index (κ1) is 32.8. The Morgan fingerprint density at radius 2 is 0.845 bits per heavy atom. The normalized spacial score (nSPS) is 11.8. The molecule has 4 heteroatoms. The lowest BCUT2D eigenvalue weighted by Gasteiger charge is -2.26. The number of furan rings is 2. The summed E-state index contributed by atoms with van der Waals surface area (Å²) in [7, 11) is 0. The summed E-state index contributed by atoms with van der Waals surface area (Å²) in [5.41, 5.74) is 13.5. The van der Waals surface area contributed by atoms with Gasteiger partial charge in [-0.3, -0.25) is 0 Å². The zero-order chi connectivity index (χ0) is 38.2. The van der Waals surface area contributed by atoms with Crippen LogP contribution >= 0.6 is 11.3 Å². The molecule has 0 spiro atoms. The van der Waals surface area contributed by atoms with Gasteiger partial charge in [0.05, 0.1) is 5.69 Å². The Hall–Kier alpha value is -7.40. The lowest BCUT2D eigenvalue weighted by molar-refractivity contribution is 0.668. The average molecular weight is 760 g/mol. The predicted molar refractivity (Wildman–Crippen MR) is 245 cm³/mol. The van der Waals surface area contributed by atoms with Crippen LogP contribution in [0.25, 0.3) is 97.4 Å². The smallest absolute Gasteiger partial charge is 0.160 e. The number of nitrogens with zero attached hydrogens (tertiary/aromatic N) is 1. The van der Waals surface area contributed by atoms with Crippen molar-refractivity contribution in [1.82, 2.24) is 0 Å². The van der Waals surface area contributed by atoms with Crippen LogP contribution in [0.2, 0.25) is 0 Å². The van der Waals surface area contributed by atoms with Crippen LogP contribution in [0.4, 0.5) is 17.1 Å². The lowest BCUT2D eigenvalue weighted by atomic mass is 9.97. The van der Waals surface area contributed by atoms with E-state index in [9.17, 15) is 0 Å². The van der Waals surface area contributed by atoms with Crippen LogP contribution in [0, 0.1) is 0 Å². The summed E-state index contributed by atoms with van der Waals surface area (Å²) >= 11 is 1.85. The van der Waals surface area contributed by atoms with Gasteiger partial charge in [0.1, 0.15) is 16.7 Å². The van der Waals surface area contributed by atoms with Gasteiger partial charge in [-0.15, -0.1) is 11.3 Å². The highest BCUT2D eigenvalue weighted by Crippen LogP contribution is 2.47. The molecule has 0 saturated carbocycles. The van der Waals surface area contributed by atoms with Crippen LogP contribution in [-0.2, 0) is 0 Å². The van der Waals surface area contributed by atoms with E-state index in [2.05, 4.69) is 187 Å². The highest BCUT2D eigenvalue weighted by atomic mass is 32.1. The Morgan fingerprint density at radius 3 is 1.57 bits per heavy atom. The summed E-state index contributed by atoms with van der Waals surface area (Å²) in [4.78, 5) is 2.33. The third-order valence-electron chi connectivity index (χ3n) is 11.5. The van der Waals surface area contributed by atoms with Gasteiger partial charge in [-0.1, -0.05) is 140 Å². The molecule has 3 heterocycles. The minimum absolute atomic E-state index is 0.847. The third kappa shape index (κ3) is 5.12. The second kappa shape index (κ2) is 13.1. The first-order chi connectivity index (χ1) is 28.8. The van der Waals surface area contributed by atoms with E-state index >= 15 is 0 Å². The molecule has 0 aliphatic heterocycles. The number of hydrogen-bond donors (Lipinski definition) is 0. The fourth-order valence-electron chi connectivity index (χ4n) is 8.89. The van der Waals surface area contributed by atoms with E-state index in [1.165, 1.54) is 31.3 Å². The van der Waals surface area contributed by atoms with E-state index < -0.39 is 0 Å². The number of fused-ring (bicyclic) bond motifs is 9. The fraction of sp³-hybridized carbons (Fsp3) is 0. The summed E-state index contributed by atoms with van der Waals surface area (Å²) < 4.78 is 15.7. The lowest BCUT2D eigenvalue weighted by Crippen LogP contribution is -2.10. The Labute approximate surface area is 338 Å². The largest absolute Gasteiger partial charge is 0.456 e. The van der Waals surface area contributed by atoms with Gasteiger partial charge in [-0.25, -0.2) is 0 Å². The zero-order valence-electron chi connectivity index (χ0n) is 31.2. The molecular formula is C54H33NO2S. The van der Waals surface area contributed by atoms with Crippen molar-refractivity contribution in [2.75, 3.05) is 4.90 Å². The number of benzene rings is 9. The SMILES string of the molecule is c1ccc(-c2ccc(N(c3ccc(-c4cccc5oc6ccccc6c45)cc3)c3ccc(-c4cccc5sc6ccccc6c45)cc3)c3oc4ccccc4c23)cc1. The van der Waals surface area contributed by atoms with E-state index in [1.54, 1.807) is 0 Å². The van der Waals surface area contributed by atoms with Crippen LogP contribution in [0.15, 0.2) is 209 Å². The summed E-state index contributed by atoms with van der Waals surface area (Å²) in [6, 6.07) is 71.3. The average Bonchev–Trinajstić information content (AvgIpc) is 3.99. The molecule has 9 aromatic carbocycles. The maximum atomic E-state index is 6.87. The van der Waals surface area contributed by atoms with Gasteiger partial charge >= 0.3 is 0 Å². The molecule has 0 amide bonds. The molecule has 3 nitrogen and oxygen atoms in total. The van der Waals surface area contributed by atoms with Gasteiger partial charge in [-0.2, -0.15) is 0 Å². The monoisotopic (exact) mass is 759 g/mol. The second-order valence-electron chi connectivity index (χ2n) is 14.8. The highest BCUT2D eigenvalue weighted by molar-refractivity contribution is 7.25. The van der Waals surface area contributed by atoms with Crippen molar-refractivity contribution in [2.45, 2.75) is 0 Å². The van der Waals surface area contributed by atoms with E-state index in [1.807, 2.05) is 29.5 Å². The molecular weight excluding hydrogens is 727 g/mol. The maximum Gasteiger partial charge on any atom is 0.160 e. The molecule has 0 aliphatic carbocycles. The van der Waals surface area contributed by atoms with Crippen LogP contribution in [0.3, 0.4) is 0 Å². The maximum absolute atomic E-state index is 6.87. The van der Waals surface area contributed by atoms with Crippen molar-refractivity contribution in [2.24, 2.45) is 0 Å². The van der Waals surface area contributed by atoms with E-state index in [0.29, 0.717) is 0 Å². The number of hydrogen-bond acceptors (Lipinski definition) is 4. The molecule has 0 N–H and O–H groups in total. The van der Waals surface area contributed by atoms with Gasteiger partial charge in [0.2, 0.25) is 0 Å². The molecule has 0 saturated heterocycles. The molecule has 12 rings (SSSR count). The summed E-state index contributed by atoms with van der Waals surface area (Å²) in [6.07, 6.45) is 0. The van der Waals surface area contributed by atoms with E-state index in [-0.39, 0.29) is 0 Å². The Kier molecular flexibility index (Phi) is 7.40. The first-order valence-corrected chi connectivity index (χ1v) is 20.4. The molecule has 0 unspecified atom stereocenters. The summed E-state index contributed by atoms with van der Waals surface area (Å²) in [5.74, 6) is 0. The Balaban J connectivity index is 1.05. The number of rotatable bonds is 6. The third-order valence-corrected chi connectivity index (χ3v) is 12.6. The van der Waals surface area contributed by atoms with Crippen molar-refractivity contribution >= 4 is 92.4 Å². The molecule has 0 aliphatic rings. The van der Waals surface area contributed by atoms with Crippen molar-refractivity contribution in [3.8, 4) is 33.4 Å². The minimum atomic E-state index is 0.847. The number of para-hydroxylation sites is 2. The molecule has 0 bridgehead atoms. The molecule has 3 aromatic heterocycles. The van der Waals surface area contributed by atoms with Crippen molar-refractivity contribution in [3.05, 3.63) is 200 Å². The minimum Gasteiger partial charge on any atom is -0.456 e. The van der Waals surface area contributed by atoms with Crippen LogP contribution in [-0.4, -0.2) is 0 Å². The molecule has 0 fully saturated rings. The van der Waals surface area contributed by atoms with Crippen LogP contribution < -0.4 is 4.90 Å².